The van der Waals surface area contributed by atoms with Crippen molar-refractivity contribution in [2.45, 2.75) is 26.7 Å². The molecule has 1 aliphatic heterocycles. The zero-order valence-corrected chi connectivity index (χ0v) is 13.8. The van der Waals surface area contributed by atoms with Gasteiger partial charge in [-0.2, -0.15) is 0 Å². The van der Waals surface area contributed by atoms with E-state index in [2.05, 4.69) is 16.7 Å². The SMILES string of the molecule is Cc1cc(C)cc(NC(=O)CCc2ccc3c(c2)NC(=O)CO3)c1. The number of hydrogen-bond acceptors (Lipinski definition) is 3. The van der Waals surface area contributed by atoms with E-state index in [0.717, 1.165) is 22.4 Å². The average molecular weight is 324 g/mol. The first kappa shape index (κ1) is 16.1. The van der Waals surface area contributed by atoms with Gasteiger partial charge in [0.25, 0.3) is 5.91 Å². The lowest BCUT2D eigenvalue weighted by Gasteiger charge is -2.18. The molecule has 24 heavy (non-hydrogen) atoms. The predicted molar refractivity (Wildman–Crippen MR) is 93.4 cm³/mol. The smallest absolute Gasteiger partial charge is 0.262 e. The summed E-state index contributed by atoms with van der Waals surface area (Å²) in [4.78, 5) is 23.5. The standard InChI is InChI=1S/C19H20N2O3/c1-12-7-13(2)9-15(8-12)20-18(22)6-4-14-3-5-17-16(10-14)21-19(23)11-24-17/h3,5,7-10H,4,6,11H2,1-2H3,(H,20,22)(H,21,23). The number of benzene rings is 2. The zero-order valence-electron chi connectivity index (χ0n) is 13.8. The fraction of sp³-hybridized carbons (Fsp3) is 0.263. The lowest BCUT2D eigenvalue weighted by Crippen LogP contribution is -2.25. The molecule has 0 saturated carbocycles. The van der Waals surface area contributed by atoms with E-state index in [1.807, 2.05) is 44.2 Å². The predicted octanol–water partition coefficient (Wildman–Crippen LogP) is 3.21. The highest BCUT2D eigenvalue weighted by atomic mass is 16.5. The Labute approximate surface area is 141 Å². The van der Waals surface area contributed by atoms with Crippen molar-refractivity contribution in [3.8, 4) is 5.75 Å². The van der Waals surface area contributed by atoms with E-state index >= 15 is 0 Å². The quantitative estimate of drug-likeness (QED) is 0.907. The normalized spacial score (nSPS) is 12.8. The average Bonchev–Trinajstić information content (AvgIpc) is 2.51. The molecule has 2 aromatic rings. The van der Waals surface area contributed by atoms with Crippen LogP contribution in [0.25, 0.3) is 0 Å². The van der Waals surface area contributed by atoms with Crippen molar-refractivity contribution in [1.29, 1.82) is 0 Å². The second kappa shape index (κ2) is 6.74. The third-order valence-corrected chi connectivity index (χ3v) is 3.82. The maximum Gasteiger partial charge on any atom is 0.262 e. The molecule has 0 unspecified atom stereocenters. The topological polar surface area (TPSA) is 67.4 Å². The van der Waals surface area contributed by atoms with E-state index in [1.54, 1.807) is 0 Å². The molecule has 2 aromatic carbocycles. The fourth-order valence-electron chi connectivity index (χ4n) is 2.81. The summed E-state index contributed by atoms with van der Waals surface area (Å²) >= 11 is 0. The third kappa shape index (κ3) is 3.93. The maximum atomic E-state index is 12.1. The Hall–Kier alpha value is -2.82. The number of amides is 2. The van der Waals surface area contributed by atoms with E-state index in [9.17, 15) is 9.59 Å². The summed E-state index contributed by atoms with van der Waals surface area (Å²) in [6, 6.07) is 11.6. The second-order valence-electron chi connectivity index (χ2n) is 6.09. The van der Waals surface area contributed by atoms with Crippen LogP contribution in [0.1, 0.15) is 23.1 Å². The first-order valence-corrected chi connectivity index (χ1v) is 7.93. The molecular weight excluding hydrogens is 304 g/mol. The Morgan fingerprint density at radius 1 is 1.17 bits per heavy atom. The molecule has 0 atom stereocenters. The van der Waals surface area contributed by atoms with Gasteiger partial charge in [0, 0.05) is 12.1 Å². The van der Waals surface area contributed by atoms with E-state index in [4.69, 9.17) is 4.74 Å². The minimum absolute atomic E-state index is 0.0296. The Kier molecular flexibility index (Phi) is 4.51. The molecule has 3 rings (SSSR count). The van der Waals surface area contributed by atoms with Crippen molar-refractivity contribution in [3.05, 3.63) is 53.1 Å². The van der Waals surface area contributed by atoms with Gasteiger partial charge in [-0.1, -0.05) is 12.1 Å². The van der Waals surface area contributed by atoms with Gasteiger partial charge in [-0.3, -0.25) is 9.59 Å². The van der Waals surface area contributed by atoms with Crippen molar-refractivity contribution >= 4 is 23.2 Å². The minimum atomic E-state index is -0.160. The van der Waals surface area contributed by atoms with Crippen LogP contribution < -0.4 is 15.4 Å². The molecule has 0 radical (unpaired) electrons. The van der Waals surface area contributed by atoms with Crippen LogP contribution in [0.5, 0.6) is 5.75 Å². The van der Waals surface area contributed by atoms with Crippen LogP contribution in [-0.2, 0) is 16.0 Å². The molecule has 0 spiro atoms. The molecular formula is C19H20N2O3. The van der Waals surface area contributed by atoms with Crippen LogP contribution in [-0.4, -0.2) is 18.4 Å². The summed E-state index contributed by atoms with van der Waals surface area (Å²) in [5, 5.41) is 5.71. The number of rotatable bonds is 4. The maximum absolute atomic E-state index is 12.1. The molecule has 1 heterocycles. The summed E-state index contributed by atoms with van der Waals surface area (Å²) in [6.45, 7) is 4.06. The summed E-state index contributed by atoms with van der Waals surface area (Å²) in [7, 11) is 0. The lowest BCUT2D eigenvalue weighted by molar-refractivity contribution is -0.118. The van der Waals surface area contributed by atoms with E-state index < -0.39 is 0 Å². The molecule has 2 N–H and O–H groups in total. The first-order valence-electron chi connectivity index (χ1n) is 7.93. The second-order valence-corrected chi connectivity index (χ2v) is 6.09. The van der Waals surface area contributed by atoms with Gasteiger partial charge in [0.2, 0.25) is 5.91 Å². The number of carbonyl (C=O) groups is 2. The number of aryl methyl sites for hydroxylation is 3. The molecule has 1 aliphatic rings. The van der Waals surface area contributed by atoms with E-state index in [1.165, 1.54) is 0 Å². The molecule has 124 valence electrons. The zero-order chi connectivity index (χ0) is 17.1. The van der Waals surface area contributed by atoms with Gasteiger partial charge in [-0.05, 0) is 61.2 Å². The van der Waals surface area contributed by atoms with Gasteiger partial charge in [0.1, 0.15) is 5.75 Å². The fourth-order valence-corrected chi connectivity index (χ4v) is 2.81. The first-order chi connectivity index (χ1) is 11.5. The Balaban J connectivity index is 1.60. The molecule has 0 aromatic heterocycles. The van der Waals surface area contributed by atoms with Gasteiger partial charge >= 0.3 is 0 Å². The summed E-state index contributed by atoms with van der Waals surface area (Å²) in [5.41, 5.74) is 4.71. The van der Waals surface area contributed by atoms with Gasteiger partial charge < -0.3 is 15.4 Å². The number of ether oxygens (including phenoxy) is 1. The van der Waals surface area contributed by atoms with Crippen molar-refractivity contribution < 1.29 is 14.3 Å². The Morgan fingerprint density at radius 2 is 1.92 bits per heavy atom. The highest BCUT2D eigenvalue weighted by molar-refractivity contribution is 5.95. The van der Waals surface area contributed by atoms with Crippen LogP contribution in [0.4, 0.5) is 11.4 Å². The van der Waals surface area contributed by atoms with Crippen LogP contribution in [0.2, 0.25) is 0 Å². The molecule has 2 amide bonds. The molecule has 5 nitrogen and oxygen atoms in total. The van der Waals surface area contributed by atoms with Crippen molar-refractivity contribution in [2.24, 2.45) is 0 Å². The van der Waals surface area contributed by atoms with Gasteiger partial charge in [-0.15, -0.1) is 0 Å². The third-order valence-electron chi connectivity index (χ3n) is 3.82. The van der Waals surface area contributed by atoms with E-state index in [-0.39, 0.29) is 18.4 Å². The van der Waals surface area contributed by atoms with Gasteiger partial charge in [0.05, 0.1) is 5.69 Å². The van der Waals surface area contributed by atoms with Gasteiger partial charge in [0.15, 0.2) is 6.61 Å². The number of carbonyl (C=O) groups excluding carboxylic acids is 2. The van der Waals surface area contributed by atoms with Crippen molar-refractivity contribution in [3.63, 3.8) is 0 Å². The number of nitrogens with one attached hydrogen (secondary N) is 2. The lowest BCUT2D eigenvalue weighted by atomic mass is 10.1. The molecule has 0 aliphatic carbocycles. The van der Waals surface area contributed by atoms with Crippen LogP contribution in [0.15, 0.2) is 36.4 Å². The largest absolute Gasteiger partial charge is 0.482 e. The highest BCUT2D eigenvalue weighted by Gasteiger charge is 2.16. The highest BCUT2D eigenvalue weighted by Crippen LogP contribution is 2.28. The summed E-state index contributed by atoms with van der Waals surface area (Å²) in [5.74, 6) is 0.475. The minimum Gasteiger partial charge on any atom is -0.482 e. The van der Waals surface area contributed by atoms with Crippen LogP contribution in [0.3, 0.4) is 0 Å². The monoisotopic (exact) mass is 324 g/mol. The van der Waals surface area contributed by atoms with Gasteiger partial charge in [-0.25, -0.2) is 0 Å². The van der Waals surface area contributed by atoms with Crippen molar-refractivity contribution in [1.82, 2.24) is 0 Å². The summed E-state index contributed by atoms with van der Waals surface area (Å²) in [6.07, 6.45) is 0.973. The van der Waals surface area contributed by atoms with E-state index in [0.29, 0.717) is 24.3 Å². The van der Waals surface area contributed by atoms with Crippen molar-refractivity contribution in [2.75, 3.05) is 17.2 Å². The molecule has 5 heteroatoms. The number of anilines is 2. The van der Waals surface area contributed by atoms with Crippen LogP contribution >= 0.6 is 0 Å². The number of hydrogen-bond donors (Lipinski definition) is 2. The summed E-state index contributed by atoms with van der Waals surface area (Å²) < 4.78 is 5.33. The molecule has 0 fully saturated rings. The number of fused-ring (bicyclic) bond motifs is 1. The van der Waals surface area contributed by atoms with Crippen LogP contribution in [0, 0.1) is 13.8 Å². The Bertz CT molecular complexity index is 779. The molecule has 0 saturated heterocycles. The Morgan fingerprint density at radius 3 is 2.67 bits per heavy atom. The molecule has 0 bridgehead atoms.